The fourth-order valence-electron chi connectivity index (χ4n) is 1.14. The van der Waals surface area contributed by atoms with E-state index in [1.54, 1.807) is 11.0 Å². The van der Waals surface area contributed by atoms with E-state index in [1.165, 1.54) is 11.9 Å². The van der Waals surface area contributed by atoms with Gasteiger partial charge in [-0.25, -0.2) is 4.98 Å². The zero-order valence-corrected chi connectivity index (χ0v) is 7.46. The van der Waals surface area contributed by atoms with Crippen molar-refractivity contribution in [3.05, 3.63) is 30.6 Å². The van der Waals surface area contributed by atoms with Gasteiger partial charge in [0.05, 0.1) is 19.3 Å². The Hall–Kier alpha value is -1.65. The van der Waals surface area contributed by atoms with E-state index in [0.717, 1.165) is 13.1 Å². The van der Waals surface area contributed by atoms with Gasteiger partial charge in [-0.3, -0.25) is 9.36 Å². The van der Waals surface area contributed by atoms with Crippen LogP contribution in [-0.4, -0.2) is 24.5 Å². The van der Waals surface area contributed by atoms with Gasteiger partial charge in [-0.05, 0) is 12.5 Å². The van der Waals surface area contributed by atoms with Gasteiger partial charge in [-0.15, -0.1) is 0 Å². The molecule has 68 valence electrons. The van der Waals surface area contributed by atoms with Gasteiger partial charge in [0, 0.05) is 6.20 Å². The normalized spacial score (nSPS) is 10.5. The van der Waals surface area contributed by atoms with E-state index < -0.39 is 0 Å². The highest BCUT2D eigenvalue weighted by atomic mass is 15.3. The molecule has 0 bridgehead atoms. The molecule has 0 aliphatic heterocycles. The fraction of sp³-hybridized carbons (Fsp3) is 0.375. The Balaban J connectivity index is 1.93. The summed E-state index contributed by atoms with van der Waals surface area (Å²) >= 11 is 0. The molecule has 2 rings (SSSR count). The van der Waals surface area contributed by atoms with E-state index >= 15 is 0 Å². The minimum atomic E-state index is 0.807. The lowest BCUT2D eigenvalue weighted by molar-refractivity contribution is 0.499. The third-order valence-electron chi connectivity index (χ3n) is 1.79. The summed E-state index contributed by atoms with van der Waals surface area (Å²) in [4.78, 5) is 3.86. The minimum absolute atomic E-state index is 0.807. The van der Waals surface area contributed by atoms with Crippen LogP contribution in [0.15, 0.2) is 25.0 Å². The topological polar surface area (TPSA) is 48.5 Å². The van der Waals surface area contributed by atoms with Crippen molar-refractivity contribution in [2.45, 2.75) is 20.0 Å². The quantitative estimate of drug-likeness (QED) is 0.685. The Kier molecular flexibility index (Phi) is 2.08. The second-order valence-corrected chi connectivity index (χ2v) is 2.94. The minimum Gasteiger partial charge on any atom is -0.271 e. The predicted octanol–water partition coefficient (Wildman–Crippen LogP) is 0.483. The molecule has 0 aromatic carbocycles. The van der Waals surface area contributed by atoms with Gasteiger partial charge in [0.2, 0.25) is 0 Å². The Labute approximate surface area is 76.0 Å². The SMILES string of the molecule is Cc1cnn(CCn2cncn2)c1. The van der Waals surface area contributed by atoms with E-state index in [4.69, 9.17) is 0 Å². The van der Waals surface area contributed by atoms with Crippen molar-refractivity contribution in [1.82, 2.24) is 24.5 Å². The van der Waals surface area contributed by atoms with Crippen LogP contribution in [0.4, 0.5) is 0 Å². The summed E-state index contributed by atoms with van der Waals surface area (Å²) < 4.78 is 3.69. The summed E-state index contributed by atoms with van der Waals surface area (Å²) in [6.07, 6.45) is 7.10. The maximum atomic E-state index is 4.17. The number of hydrogen-bond acceptors (Lipinski definition) is 3. The first-order valence-corrected chi connectivity index (χ1v) is 4.16. The number of aromatic nitrogens is 5. The van der Waals surface area contributed by atoms with E-state index in [9.17, 15) is 0 Å². The van der Waals surface area contributed by atoms with Crippen molar-refractivity contribution in [3.8, 4) is 0 Å². The van der Waals surface area contributed by atoms with Gasteiger partial charge in [0.1, 0.15) is 12.7 Å². The second-order valence-electron chi connectivity index (χ2n) is 2.94. The van der Waals surface area contributed by atoms with E-state index in [1.807, 2.05) is 24.0 Å². The molecule has 0 saturated carbocycles. The molecule has 0 amide bonds. The number of hydrogen-bond donors (Lipinski definition) is 0. The zero-order valence-electron chi connectivity index (χ0n) is 7.46. The van der Waals surface area contributed by atoms with E-state index in [-0.39, 0.29) is 0 Å². The summed E-state index contributed by atoms with van der Waals surface area (Å²) in [6, 6.07) is 0. The van der Waals surface area contributed by atoms with E-state index in [0.29, 0.717) is 0 Å². The van der Waals surface area contributed by atoms with Crippen LogP contribution in [-0.2, 0) is 13.1 Å². The molecule has 0 saturated heterocycles. The molecule has 5 heteroatoms. The zero-order chi connectivity index (χ0) is 9.10. The largest absolute Gasteiger partial charge is 0.271 e. The number of rotatable bonds is 3. The average molecular weight is 177 g/mol. The highest BCUT2D eigenvalue weighted by molar-refractivity contribution is 4.99. The number of nitrogens with zero attached hydrogens (tertiary/aromatic N) is 5. The Morgan fingerprint density at radius 2 is 2.08 bits per heavy atom. The molecule has 2 aromatic heterocycles. The molecule has 2 aromatic rings. The van der Waals surface area contributed by atoms with Crippen LogP contribution >= 0.6 is 0 Å². The van der Waals surface area contributed by atoms with Crippen LogP contribution in [0.5, 0.6) is 0 Å². The van der Waals surface area contributed by atoms with Crippen molar-refractivity contribution in [2.75, 3.05) is 0 Å². The first kappa shape index (κ1) is 7.97. The second kappa shape index (κ2) is 3.38. The molecular formula is C8H11N5. The number of aryl methyl sites for hydroxylation is 3. The third-order valence-corrected chi connectivity index (χ3v) is 1.79. The molecule has 0 radical (unpaired) electrons. The van der Waals surface area contributed by atoms with Crippen LogP contribution < -0.4 is 0 Å². The molecule has 5 nitrogen and oxygen atoms in total. The van der Waals surface area contributed by atoms with E-state index in [2.05, 4.69) is 15.2 Å². The lowest BCUT2D eigenvalue weighted by Gasteiger charge is -2.00. The van der Waals surface area contributed by atoms with Crippen LogP contribution in [0.2, 0.25) is 0 Å². The first-order chi connectivity index (χ1) is 6.34. The van der Waals surface area contributed by atoms with Gasteiger partial charge in [0.15, 0.2) is 0 Å². The van der Waals surface area contributed by atoms with Crippen molar-refractivity contribution in [3.63, 3.8) is 0 Å². The monoisotopic (exact) mass is 177 g/mol. The smallest absolute Gasteiger partial charge is 0.137 e. The molecule has 0 spiro atoms. The summed E-state index contributed by atoms with van der Waals surface area (Å²) in [5.74, 6) is 0. The van der Waals surface area contributed by atoms with Gasteiger partial charge < -0.3 is 0 Å². The summed E-state index contributed by atoms with van der Waals surface area (Å²) in [6.45, 7) is 3.66. The molecule has 0 atom stereocenters. The third kappa shape index (κ3) is 1.93. The first-order valence-electron chi connectivity index (χ1n) is 4.16. The van der Waals surface area contributed by atoms with Gasteiger partial charge >= 0.3 is 0 Å². The van der Waals surface area contributed by atoms with Crippen molar-refractivity contribution in [1.29, 1.82) is 0 Å². The lowest BCUT2D eigenvalue weighted by Crippen LogP contribution is -2.07. The molecular weight excluding hydrogens is 166 g/mol. The summed E-state index contributed by atoms with van der Waals surface area (Å²) in [7, 11) is 0. The summed E-state index contributed by atoms with van der Waals surface area (Å²) in [5.41, 5.74) is 1.18. The van der Waals surface area contributed by atoms with Crippen molar-refractivity contribution in [2.24, 2.45) is 0 Å². The highest BCUT2D eigenvalue weighted by Gasteiger charge is 1.94. The summed E-state index contributed by atoms with van der Waals surface area (Å²) in [5, 5.41) is 8.17. The predicted molar refractivity (Wildman–Crippen MR) is 47.0 cm³/mol. The Morgan fingerprint density at radius 1 is 1.23 bits per heavy atom. The standard InChI is InChI=1S/C8H11N5/c1-8-4-10-12(5-8)2-3-13-7-9-6-11-13/h4-7H,2-3H2,1H3. The van der Waals surface area contributed by atoms with Crippen LogP contribution in [0.1, 0.15) is 5.56 Å². The van der Waals surface area contributed by atoms with Gasteiger partial charge in [0.25, 0.3) is 0 Å². The molecule has 0 aliphatic rings. The molecule has 0 N–H and O–H groups in total. The van der Waals surface area contributed by atoms with Crippen LogP contribution in [0.3, 0.4) is 0 Å². The maximum Gasteiger partial charge on any atom is 0.137 e. The molecule has 0 unspecified atom stereocenters. The fourth-order valence-corrected chi connectivity index (χ4v) is 1.14. The molecule has 2 heterocycles. The molecule has 0 fully saturated rings. The van der Waals surface area contributed by atoms with Crippen LogP contribution in [0.25, 0.3) is 0 Å². The molecule has 0 aliphatic carbocycles. The van der Waals surface area contributed by atoms with Crippen molar-refractivity contribution < 1.29 is 0 Å². The van der Waals surface area contributed by atoms with Crippen LogP contribution in [0, 0.1) is 6.92 Å². The highest BCUT2D eigenvalue weighted by Crippen LogP contribution is 1.94. The van der Waals surface area contributed by atoms with Gasteiger partial charge in [-0.2, -0.15) is 10.2 Å². The Morgan fingerprint density at radius 3 is 2.69 bits per heavy atom. The van der Waals surface area contributed by atoms with Gasteiger partial charge in [-0.1, -0.05) is 0 Å². The average Bonchev–Trinajstić information content (AvgIpc) is 2.71. The van der Waals surface area contributed by atoms with Crippen molar-refractivity contribution >= 4 is 0 Å². The maximum absolute atomic E-state index is 4.17. The Bertz CT molecular complexity index is 362. The molecule has 13 heavy (non-hydrogen) atoms. The lowest BCUT2D eigenvalue weighted by atomic mass is 10.4.